The third-order valence-electron chi connectivity index (χ3n) is 13.9. The van der Waals surface area contributed by atoms with Crippen LogP contribution in [-0.4, -0.2) is 101 Å². The summed E-state index contributed by atoms with van der Waals surface area (Å²) in [6.45, 7) is 8.12. The van der Waals surface area contributed by atoms with E-state index in [2.05, 4.69) is 92.6 Å². The van der Waals surface area contributed by atoms with Gasteiger partial charge < -0.3 is 20.0 Å². The number of hydrogen-bond acceptors (Lipinski definition) is 14. The first-order chi connectivity index (χ1) is 37.8. The van der Waals surface area contributed by atoms with Gasteiger partial charge in [-0.05, 0) is 145 Å². The lowest BCUT2D eigenvalue weighted by atomic mass is 9.85. The van der Waals surface area contributed by atoms with E-state index in [1.807, 2.05) is 48.5 Å². The Morgan fingerprint density at radius 1 is 0.580 bits per heavy atom. The van der Waals surface area contributed by atoms with E-state index in [0.717, 1.165) is 132 Å². The summed E-state index contributed by atoms with van der Waals surface area (Å²) < 4.78 is 95.2. The largest absolute Gasteiger partial charge is 0.377 e. The van der Waals surface area contributed by atoms with Gasteiger partial charge in [0.15, 0.2) is 11.2 Å². The monoisotopic (exact) mass is 1180 g/mol. The van der Waals surface area contributed by atoms with E-state index in [1.54, 1.807) is 15.6 Å². The highest BCUT2D eigenvalue weighted by Gasteiger charge is 2.58. The van der Waals surface area contributed by atoms with Crippen molar-refractivity contribution in [2.45, 2.75) is 84.2 Å². The molecular weight excluding hydrogens is 1120 g/mol. The lowest BCUT2D eigenvalue weighted by Crippen LogP contribution is -2.47. The van der Waals surface area contributed by atoms with Crippen molar-refractivity contribution >= 4 is 27.3 Å². The molecule has 2 N–H and O–H groups in total. The van der Waals surface area contributed by atoms with Crippen molar-refractivity contribution in [3.05, 3.63) is 202 Å². The minimum Gasteiger partial charge on any atom is -0.377 e. The van der Waals surface area contributed by atoms with Gasteiger partial charge in [0.05, 0.1) is 24.8 Å². The van der Waals surface area contributed by atoms with Crippen molar-refractivity contribution in [2.24, 2.45) is 5.92 Å². The van der Waals surface area contributed by atoms with Crippen LogP contribution in [0.4, 0.5) is 37.7 Å². The van der Waals surface area contributed by atoms with Crippen molar-refractivity contribution in [1.29, 1.82) is 0 Å². The molecule has 9 aromatic rings. The molecule has 18 nitrogen and oxygen atoms in total. The molecule has 0 saturated carbocycles. The maximum absolute atomic E-state index is 16.2. The first kappa shape index (κ1) is 60.5. The van der Waals surface area contributed by atoms with Crippen LogP contribution in [-0.2, 0) is 36.1 Å². The summed E-state index contributed by atoms with van der Waals surface area (Å²) in [6.07, 6.45) is 7.18. The minimum absolute atomic E-state index is 0. The van der Waals surface area contributed by atoms with Crippen molar-refractivity contribution in [1.82, 2.24) is 64.7 Å². The molecule has 10 rings (SSSR count). The predicted octanol–water partition coefficient (Wildman–Crippen LogP) is 9.76. The van der Waals surface area contributed by atoms with Crippen molar-refractivity contribution in [3.63, 3.8) is 0 Å². The Bertz CT molecular complexity index is 3460. The van der Waals surface area contributed by atoms with Gasteiger partial charge in [0.1, 0.15) is 42.0 Å². The predicted molar refractivity (Wildman–Crippen MR) is 296 cm³/mol. The van der Waals surface area contributed by atoms with Crippen LogP contribution in [0, 0.1) is 17.6 Å². The average Bonchev–Trinajstić information content (AvgIpc) is 4.30. The zero-order valence-corrected chi connectivity index (χ0v) is 44.3. The number of aromatic nitrogens is 13. The highest BCUT2D eigenvalue weighted by molar-refractivity contribution is 9.10. The van der Waals surface area contributed by atoms with Gasteiger partial charge in [0, 0.05) is 60.0 Å². The van der Waals surface area contributed by atoms with Gasteiger partial charge in [-0.3, -0.25) is 9.97 Å². The van der Waals surface area contributed by atoms with Crippen molar-refractivity contribution in [3.8, 4) is 16.8 Å². The lowest BCUT2D eigenvalue weighted by molar-refractivity contribution is -0.206. The van der Waals surface area contributed by atoms with Crippen LogP contribution in [0.5, 0.6) is 0 Å². The van der Waals surface area contributed by atoms with Crippen LogP contribution in [0.15, 0.2) is 162 Å². The summed E-state index contributed by atoms with van der Waals surface area (Å²) in [6, 6.07) is 29.5. The standard InChI is InChI=1S/C39H41F3N10O2.C15H11BrF3N5O.2CH4/c1-4-35(27(2)3)52-37(53)51(26-45-52)34-16-14-33(15-17-34)49-21-19-48(20-22-49)32-12-5-28(6-13-32)29-7-18-36(43-23-29)39(41,42)38(54,24-50-25-44-46-47-50)30-8-10-31(40)11-9-30;16-11-3-6-13(20-7-11)15(18,19)14(25,8-24-9-21-22-23-24)10-1-4-12(17)5-2-10;;/h5-18,23,25-27,35,54H,4,19-22,24H2,1-3H3;1-7,9,25H,8H2;2*1H4/t35-,38?;;;/m0.../s1. The Kier molecular flexibility index (Phi) is 18.7. The maximum atomic E-state index is 16.2. The second-order valence-electron chi connectivity index (χ2n) is 19.2. The van der Waals surface area contributed by atoms with Crippen molar-refractivity contribution in [2.75, 3.05) is 36.0 Å². The quantitative estimate of drug-likeness (QED) is 0.0817. The first-order valence-corrected chi connectivity index (χ1v) is 25.7. The average molecular weight is 1190 g/mol. The molecule has 81 heavy (non-hydrogen) atoms. The zero-order valence-electron chi connectivity index (χ0n) is 42.7. The van der Waals surface area contributed by atoms with Gasteiger partial charge in [-0.25, -0.2) is 32.2 Å². The first-order valence-electron chi connectivity index (χ1n) is 24.9. The number of anilines is 2. The van der Waals surface area contributed by atoms with Crippen LogP contribution in [0.2, 0.25) is 0 Å². The Labute approximate surface area is 471 Å². The molecule has 0 aliphatic carbocycles. The van der Waals surface area contributed by atoms with E-state index < -0.39 is 59.2 Å². The van der Waals surface area contributed by atoms with Gasteiger partial charge in [0.25, 0.3) is 0 Å². The maximum Gasteiger partial charge on any atom is 0.350 e. The smallest absolute Gasteiger partial charge is 0.350 e. The summed E-state index contributed by atoms with van der Waals surface area (Å²) in [7, 11) is 0. The molecule has 25 heteroatoms. The number of hydrogen-bond donors (Lipinski definition) is 2. The summed E-state index contributed by atoms with van der Waals surface area (Å²) in [5.74, 6) is -8.65. The number of nitrogens with zero attached hydrogens (tertiary/aromatic N) is 15. The van der Waals surface area contributed by atoms with Crippen LogP contribution < -0.4 is 15.5 Å². The number of aliphatic hydroxyl groups is 2. The third-order valence-corrected chi connectivity index (χ3v) is 14.4. The van der Waals surface area contributed by atoms with Crippen molar-refractivity contribution < 1.29 is 36.6 Å². The number of pyridine rings is 2. The lowest BCUT2D eigenvalue weighted by Gasteiger charge is -2.37. The summed E-state index contributed by atoms with van der Waals surface area (Å²) in [4.78, 5) is 25.5. The molecule has 6 heterocycles. The number of tetrazole rings is 2. The van der Waals surface area contributed by atoms with E-state index in [9.17, 15) is 23.8 Å². The van der Waals surface area contributed by atoms with Gasteiger partial charge in [-0.15, -0.1) is 10.2 Å². The molecule has 0 bridgehead atoms. The molecule has 426 valence electrons. The van der Waals surface area contributed by atoms with E-state index >= 15 is 17.6 Å². The molecule has 0 spiro atoms. The Hall–Kier alpha value is -8.16. The number of benzene rings is 4. The highest BCUT2D eigenvalue weighted by atomic mass is 79.9. The van der Waals surface area contributed by atoms with Gasteiger partial charge in [-0.1, -0.05) is 78.1 Å². The molecular formula is C56H60BrF6N15O3. The Morgan fingerprint density at radius 2 is 1.01 bits per heavy atom. The topological polar surface area (TPSA) is 200 Å². The van der Waals surface area contributed by atoms with Gasteiger partial charge in [-0.2, -0.15) is 22.7 Å². The summed E-state index contributed by atoms with van der Waals surface area (Å²) in [5, 5.41) is 47.7. The van der Waals surface area contributed by atoms with Gasteiger partial charge in [0.2, 0.25) is 0 Å². The molecule has 5 aromatic heterocycles. The number of alkyl halides is 4. The van der Waals surface area contributed by atoms with Crippen LogP contribution in [0.1, 0.15) is 70.6 Å². The normalized spacial score (nSPS) is 14.7. The van der Waals surface area contributed by atoms with Crippen LogP contribution >= 0.6 is 15.9 Å². The van der Waals surface area contributed by atoms with Crippen LogP contribution in [0.25, 0.3) is 16.8 Å². The molecule has 1 fully saturated rings. The molecule has 0 radical (unpaired) electrons. The molecule has 3 atom stereocenters. The third kappa shape index (κ3) is 12.6. The zero-order chi connectivity index (χ0) is 56.1. The fourth-order valence-electron chi connectivity index (χ4n) is 9.46. The fourth-order valence-corrected chi connectivity index (χ4v) is 9.70. The Balaban J connectivity index is 0.000000294. The molecule has 4 aromatic carbocycles. The summed E-state index contributed by atoms with van der Waals surface area (Å²) >= 11 is 3.12. The molecule has 1 aliphatic rings. The number of piperazine rings is 1. The van der Waals surface area contributed by atoms with E-state index in [-0.39, 0.29) is 37.7 Å². The Morgan fingerprint density at radius 3 is 1.41 bits per heavy atom. The second-order valence-corrected chi connectivity index (χ2v) is 20.1. The SMILES string of the molecule is C.C.CC[C@@H](C(C)C)n1ncn(-c2ccc(N3CCN(c4ccc(-c5ccc(C(F)(F)C(O)(Cn6cnnn6)c6ccc(F)cc6)nc5)cc4)CC3)cc2)c1=O.OC(Cn1cnnn1)(c1ccc(F)cc1)C(F)(F)c1ccc(Br)cn1. The second kappa shape index (κ2) is 25.1. The molecule has 2 unspecified atom stereocenters. The minimum atomic E-state index is -3.90. The molecule has 0 amide bonds. The van der Waals surface area contributed by atoms with E-state index in [4.69, 9.17) is 0 Å². The van der Waals surface area contributed by atoms with E-state index in [1.165, 1.54) is 30.6 Å². The summed E-state index contributed by atoms with van der Waals surface area (Å²) in [5.41, 5.74) is -3.12. The number of rotatable bonds is 17. The number of halogens is 7. The van der Waals surface area contributed by atoms with Crippen LogP contribution in [0.3, 0.4) is 0 Å². The van der Waals surface area contributed by atoms with Gasteiger partial charge >= 0.3 is 17.5 Å². The fraction of sp³-hybridized carbons (Fsp3) is 0.321. The van der Waals surface area contributed by atoms with E-state index in [0.29, 0.717) is 16.0 Å². The molecule has 1 saturated heterocycles. The highest BCUT2D eigenvalue weighted by Crippen LogP contribution is 2.47. The molecule has 1 aliphatic heterocycles.